The summed E-state index contributed by atoms with van der Waals surface area (Å²) in [6, 6.07) is 11.0. The van der Waals surface area contributed by atoms with Crippen molar-refractivity contribution in [3.05, 3.63) is 58.9 Å². The van der Waals surface area contributed by atoms with Gasteiger partial charge in [0.2, 0.25) is 0 Å². The summed E-state index contributed by atoms with van der Waals surface area (Å²) in [6.07, 6.45) is 0.545. The summed E-state index contributed by atoms with van der Waals surface area (Å²) in [7, 11) is 1.49. The number of halogens is 2. The number of amides is 1. The molecule has 0 bridgehead atoms. The molecule has 0 fully saturated rings. The largest absolute Gasteiger partial charge is 0.496 e. The third kappa shape index (κ3) is 4.86. The van der Waals surface area contributed by atoms with Crippen LogP contribution >= 0.6 is 11.6 Å². The van der Waals surface area contributed by atoms with Crippen molar-refractivity contribution in [3.63, 3.8) is 0 Å². The highest BCUT2D eigenvalue weighted by Gasteiger charge is 2.12. The number of methoxy groups -OCH3 is 1. The van der Waals surface area contributed by atoms with E-state index in [0.717, 1.165) is 0 Å². The Balaban J connectivity index is 1.79. The molecule has 122 valence electrons. The predicted molar refractivity (Wildman–Crippen MR) is 86.8 cm³/mol. The summed E-state index contributed by atoms with van der Waals surface area (Å²) in [4.78, 5) is 12.1. The maximum absolute atomic E-state index is 13.3. The van der Waals surface area contributed by atoms with E-state index in [-0.39, 0.29) is 11.7 Å². The van der Waals surface area contributed by atoms with Crippen molar-refractivity contribution in [1.29, 1.82) is 0 Å². The molecule has 0 aliphatic rings. The number of benzene rings is 2. The van der Waals surface area contributed by atoms with Gasteiger partial charge in [-0.25, -0.2) is 4.39 Å². The van der Waals surface area contributed by atoms with Crippen molar-refractivity contribution in [3.8, 4) is 11.5 Å². The number of hydrogen-bond donors (Lipinski definition) is 1. The maximum Gasteiger partial charge on any atom is 0.255 e. The van der Waals surface area contributed by atoms with E-state index in [4.69, 9.17) is 21.1 Å². The molecule has 0 unspecified atom stereocenters. The van der Waals surface area contributed by atoms with Crippen LogP contribution in [0.5, 0.6) is 11.5 Å². The van der Waals surface area contributed by atoms with Gasteiger partial charge in [-0.1, -0.05) is 23.7 Å². The first-order valence-corrected chi connectivity index (χ1v) is 7.48. The number of carbonyl (C=O) groups is 1. The number of ether oxygens (including phenoxy) is 2. The Morgan fingerprint density at radius 3 is 2.74 bits per heavy atom. The van der Waals surface area contributed by atoms with Gasteiger partial charge in [-0.3, -0.25) is 4.79 Å². The van der Waals surface area contributed by atoms with Crippen molar-refractivity contribution >= 4 is 17.5 Å². The van der Waals surface area contributed by atoms with Crippen LogP contribution in [0.4, 0.5) is 4.39 Å². The van der Waals surface area contributed by atoms with Crippen molar-refractivity contribution in [1.82, 2.24) is 5.32 Å². The molecule has 0 radical (unpaired) electrons. The summed E-state index contributed by atoms with van der Waals surface area (Å²) in [6.45, 7) is 0.691. The van der Waals surface area contributed by atoms with Gasteiger partial charge in [0.25, 0.3) is 5.91 Å². The first-order valence-electron chi connectivity index (χ1n) is 7.11. The normalized spacial score (nSPS) is 10.2. The van der Waals surface area contributed by atoms with Gasteiger partial charge in [-0.15, -0.1) is 0 Å². The van der Waals surface area contributed by atoms with E-state index in [1.54, 1.807) is 36.4 Å². The third-order valence-electron chi connectivity index (χ3n) is 3.11. The molecule has 23 heavy (non-hydrogen) atoms. The van der Waals surface area contributed by atoms with Crippen LogP contribution in [-0.4, -0.2) is 26.2 Å². The molecule has 0 heterocycles. The van der Waals surface area contributed by atoms with Crippen molar-refractivity contribution in [2.45, 2.75) is 6.42 Å². The van der Waals surface area contributed by atoms with E-state index in [2.05, 4.69) is 5.32 Å². The molecule has 0 atom stereocenters. The molecule has 1 amide bonds. The molecule has 2 rings (SSSR count). The molecule has 2 aromatic carbocycles. The first-order chi connectivity index (χ1) is 11.1. The van der Waals surface area contributed by atoms with E-state index in [1.165, 1.54) is 13.2 Å². The lowest BCUT2D eigenvalue weighted by molar-refractivity contribution is 0.0948. The lowest BCUT2D eigenvalue weighted by Crippen LogP contribution is -2.26. The molecule has 0 saturated carbocycles. The molecule has 0 spiro atoms. The van der Waals surface area contributed by atoms with E-state index in [9.17, 15) is 9.18 Å². The van der Waals surface area contributed by atoms with Crippen LogP contribution in [-0.2, 0) is 0 Å². The Labute approximate surface area is 139 Å². The van der Waals surface area contributed by atoms with Crippen LogP contribution in [0.1, 0.15) is 16.8 Å². The van der Waals surface area contributed by atoms with Crippen LogP contribution in [0, 0.1) is 5.82 Å². The topological polar surface area (TPSA) is 47.6 Å². The minimum absolute atomic E-state index is 0.204. The molecule has 1 N–H and O–H groups in total. The van der Waals surface area contributed by atoms with E-state index in [0.29, 0.717) is 35.9 Å². The van der Waals surface area contributed by atoms with E-state index >= 15 is 0 Å². The van der Waals surface area contributed by atoms with Gasteiger partial charge in [0, 0.05) is 11.6 Å². The van der Waals surface area contributed by atoms with Gasteiger partial charge in [0.1, 0.15) is 5.75 Å². The van der Waals surface area contributed by atoms with E-state index in [1.807, 2.05) is 0 Å². The van der Waals surface area contributed by atoms with Crippen molar-refractivity contribution in [2.24, 2.45) is 0 Å². The molecular formula is C17H17ClFNO3. The highest BCUT2D eigenvalue weighted by molar-refractivity contribution is 6.31. The second-order valence-electron chi connectivity index (χ2n) is 4.73. The highest BCUT2D eigenvalue weighted by atomic mass is 35.5. The zero-order valence-corrected chi connectivity index (χ0v) is 13.4. The van der Waals surface area contributed by atoms with Crippen LogP contribution in [0.25, 0.3) is 0 Å². The number of carbonyl (C=O) groups excluding carboxylic acids is 1. The summed E-state index contributed by atoms with van der Waals surface area (Å²) in [5.41, 5.74) is 0.370. The zero-order chi connectivity index (χ0) is 16.7. The van der Waals surface area contributed by atoms with Gasteiger partial charge < -0.3 is 14.8 Å². The average molecular weight is 338 g/mol. The standard InChI is InChI=1S/C17H17ClFNO3/c1-22-15-8-7-12(18)11-13(15)17(21)20-9-4-10-23-16-6-3-2-5-14(16)19/h2-3,5-8,11H,4,9-10H2,1H3,(H,20,21). The Morgan fingerprint density at radius 1 is 1.22 bits per heavy atom. The summed E-state index contributed by atoms with van der Waals surface area (Å²) in [5.74, 6) is -0.0275. The molecule has 6 heteroatoms. The Hall–Kier alpha value is -2.27. The average Bonchev–Trinajstić information content (AvgIpc) is 2.56. The van der Waals surface area contributed by atoms with Crippen molar-refractivity contribution in [2.75, 3.05) is 20.3 Å². The summed E-state index contributed by atoms with van der Waals surface area (Å²) < 4.78 is 23.8. The fraction of sp³-hybridized carbons (Fsp3) is 0.235. The van der Waals surface area contributed by atoms with Crippen LogP contribution in [0.2, 0.25) is 5.02 Å². The minimum atomic E-state index is -0.403. The lowest BCUT2D eigenvalue weighted by Gasteiger charge is -2.10. The molecule has 0 aromatic heterocycles. The number of rotatable bonds is 7. The molecule has 4 nitrogen and oxygen atoms in total. The fourth-order valence-corrected chi connectivity index (χ4v) is 2.14. The maximum atomic E-state index is 13.3. The van der Waals surface area contributed by atoms with E-state index < -0.39 is 5.82 Å². The molecule has 0 aliphatic heterocycles. The van der Waals surface area contributed by atoms with Gasteiger partial charge >= 0.3 is 0 Å². The molecular weight excluding hydrogens is 321 g/mol. The second kappa shape index (κ2) is 8.39. The monoisotopic (exact) mass is 337 g/mol. The summed E-state index contributed by atoms with van der Waals surface area (Å²) >= 11 is 5.89. The molecule has 0 saturated heterocycles. The van der Waals surface area contributed by atoms with Crippen LogP contribution in [0.15, 0.2) is 42.5 Å². The smallest absolute Gasteiger partial charge is 0.255 e. The predicted octanol–water partition coefficient (Wildman–Crippen LogP) is 3.69. The Kier molecular flexibility index (Phi) is 6.23. The Morgan fingerprint density at radius 2 is 2.00 bits per heavy atom. The zero-order valence-electron chi connectivity index (χ0n) is 12.6. The highest BCUT2D eigenvalue weighted by Crippen LogP contribution is 2.22. The second-order valence-corrected chi connectivity index (χ2v) is 5.17. The fourth-order valence-electron chi connectivity index (χ4n) is 1.97. The lowest BCUT2D eigenvalue weighted by atomic mass is 10.2. The number of nitrogens with one attached hydrogen (secondary N) is 1. The van der Waals surface area contributed by atoms with Gasteiger partial charge in [0.15, 0.2) is 11.6 Å². The Bertz CT molecular complexity index is 679. The van der Waals surface area contributed by atoms with Gasteiger partial charge in [-0.2, -0.15) is 0 Å². The summed E-state index contributed by atoms with van der Waals surface area (Å²) in [5, 5.41) is 3.21. The van der Waals surface area contributed by atoms with Crippen molar-refractivity contribution < 1.29 is 18.7 Å². The van der Waals surface area contributed by atoms with Crippen LogP contribution < -0.4 is 14.8 Å². The quantitative estimate of drug-likeness (QED) is 0.784. The first kappa shape index (κ1) is 17.1. The SMILES string of the molecule is COc1ccc(Cl)cc1C(=O)NCCCOc1ccccc1F. The number of para-hydroxylation sites is 1. The van der Waals surface area contributed by atoms with Gasteiger partial charge in [0.05, 0.1) is 19.3 Å². The molecule has 0 aliphatic carbocycles. The molecule has 2 aromatic rings. The van der Waals surface area contributed by atoms with Gasteiger partial charge in [-0.05, 0) is 36.8 Å². The minimum Gasteiger partial charge on any atom is -0.496 e. The van der Waals surface area contributed by atoms with Crippen LogP contribution in [0.3, 0.4) is 0 Å². The third-order valence-corrected chi connectivity index (χ3v) is 3.34. The number of hydrogen-bond acceptors (Lipinski definition) is 3.